The van der Waals surface area contributed by atoms with Gasteiger partial charge in [0.05, 0.1) is 30.9 Å². The molecule has 1 fully saturated rings. The van der Waals surface area contributed by atoms with Gasteiger partial charge in [-0.1, -0.05) is 12.1 Å². The molecule has 4 rings (SSSR count). The quantitative estimate of drug-likeness (QED) is 0.514. The number of rotatable bonds is 5. The van der Waals surface area contributed by atoms with E-state index in [1.165, 1.54) is 24.9 Å². The fourth-order valence-corrected chi connectivity index (χ4v) is 4.60. The minimum Gasteiger partial charge on any atom is -0.495 e. The summed E-state index contributed by atoms with van der Waals surface area (Å²) in [6.07, 6.45) is 2.75. The van der Waals surface area contributed by atoms with E-state index < -0.39 is 23.8 Å². The van der Waals surface area contributed by atoms with Crippen LogP contribution in [-0.2, 0) is 16.1 Å². The van der Waals surface area contributed by atoms with Crippen molar-refractivity contribution < 1.29 is 19.1 Å². The van der Waals surface area contributed by atoms with Gasteiger partial charge < -0.3 is 14.4 Å². The van der Waals surface area contributed by atoms with Gasteiger partial charge in [0.15, 0.2) is 5.65 Å². The number of amides is 1. The van der Waals surface area contributed by atoms with Crippen molar-refractivity contribution in [2.75, 3.05) is 20.8 Å². The first-order valence-electron chi connectivity index (χ1n) is 11.5. The molecule has 0 bridgehead atoms. The lowest BCUT2D eigenvalue weighted by atomic mass is 10.0. The molecule has 10 heteroatoms. The Morgan fingerprint density at radius 3 is 2.57 bits per heavy atom. The molecular formula is C25H28N4O6. The summed E-state index contributed by atoms with van der Waals surface area (Å²) < 4.78 is 12.4. The molecule has 10 nitrogen and oxygen atoms in total. The third-order valence-corrected chi connectivity index (χ3v) is 6.37. The van der Waals surface area contributed by atoms with Crippen molar-refractivity contribution in [3.8, 4) is 11.4 Å². The summed E-state index contributed by atoms with van der Waals surface area (Å²) in [6, 6.07) is 8.21. The van der Waals surface area contributed by atoms with Gasteiger partial charge in [0.2, 0.25) is 5.91 Å². The molecule has 1 atom stereocenters. The van der Waals surface area contributed by atoms with Gasteiger partial charge in [0, 0.05) is 18.3 Å². The maximum Gasteiger partial charge on any atom is 0.338 e. The summed E-state index contributed by atoms with van der Waals surface area (Å²) in [5, 5.41) is -0.104. The van der Waals surface area contributed by atoms with Crippen LogP contribution in [0, 0.1) is 6.92 Å². The van der Waals surface area contributed by atoms with Gasteiger partial charge in [-0.25, -0.2) is 23.7 Å². The fraction of sp³-hybridized carbons (Fsp3) is 0.400. The fourth-order valence-electron chi connectivity index (χ4n) is 4.60. The number of methoxy groups -OCH3 is 2. The van der Waals surface area contributed by atoms with Crippen molar-refractivity contribution in [3.63, 3.8) is 0 Å². The van der Waals surface area contributed by atoms with Crippen molar-refractivity contribution >= 4 is 22.9 Å². The molecule has 0 aliphatic carbocycles. The largest absolute Gasteiger partial charge is 0.495 e. The predicted molar refractivity (Wildman–Crippen MR) is 129 cm³/mol. The number of hydrogen-bond donors (Lipinski definition) is 0. The Bertz CT molecular complexity index is 1420. The van der Waals surface area contributed by atoms with Gasteiger partial charge >= 0.3 is 11.7 Å². The van der Waals surface area contributed by atoms with Crippen LogP contribution in [0.2, 0.25) is 0 Å². The van der Waals surface area contributed by atoms with E-state index in [-0.39, 0.29) is 28.5 Å². The van der Waals surface area contributed by atoms with E-state index in [1.54, 1.807) is 36.1 Å². The number of benzene rings is 1. The average Bonchev–Trinajstić information content (AvgIpc) is 2.86. The van der Waals surface area contributed by atoms with Gasteiger partial charge in [-0.15, -0.1) is 0 Å². The summed E-state index contributed by atoms with van der Waals surface area (Å²) in [5.74, 6) is -0.715. The molecule has 0 saturated carbocycles. The monoisotopic (exact) mass is 480 g/mol. The molecule has 2 aromatic heterocycles. The normalized spacial score (nSPS) is 15.8. The van der Waals surface area contributed by atoms with Crippen LogP contribution in [0.3, 0.4) is 0 Å². The number of para-hydroxylation sites is 2. The highest BCUT2D eigenvalue weighted by Crippen LogP contribution is 2.25. The molecule has 1 aliphatic heterocycles. The number of ether oxygens (including phenoxy) is 2. The van der Waals surface area contributed by atoms with E-state index in [1.807, 2.05) is 6.92 Å². The van der Waals surface area contributed by atoms with Crippen molar-refractivity contribution in [1.82, 2.24) is 19.0 Å². The summed E-state index contributed by atoms with van der Waals surface area (Å²) in [7, 11) is 2.67. The molecule has 0 radical (unpaired) electrons. The lowest BCUT2D eigenvalue weighted by Gasteiger charge is -2.33. The maximum absolute atomic E-state index is 13.8. The highest BCUT2D eigenvalue weighted by atomic mass is 16.5. The second kappa shape index (κ2) is 9.73. The second-order valence-corrected chi connectivity index (χ2v) is 8.61. The first kappa shape index (κ1) is 24.2. The van der Waals surface area contributed by atoms with E-state index in [0.717, 1.165) is 23.8 Å². The van der Waals surface area contributed by atoms with Gasteiger partial charge in [0.25, 0.3) is 5.56 Å². The molecule has 3 heterocycles. The summed E-state index contributed by atoms with van der Waals surface area (Å²) in [6.45, 7) is 3.71. The number of fused-ring (bicyclic) bond motifs is 1. The molecule has 0 N–H and O–H groups in total. The predicted octanol–water partition coefficient (Wildman–Crippen LogP) is 2.05. The van der Waals surface area contributed by atoms with Gasteiger partial charge in [-0.3, -0.25) is 9.59 Å². The molecule has 1 saturated heterocycles. The lowest BCUT2D eigenvalue weighted by molar-refractivity contribution is -0.135. The number of hydrogen-bond acceptors (Lipinski definition) is 7. The molecule has 1 amide bonds. The molecule has 3 aromatic rings. The van der Waals surface area contributed by atoms with Crippen LogP contribution in [0.25, 0.3) is 16.7 Å². The Morgan fingerprint density at radius 1 is 1.14 bits per heavy atom. The first-order valence-corrected chi connectivity index (χ1v) is 11.5. The van der Waals surface area contributed by atoms with E-state index in [2.05, 4.69) is 4.98 Å². The summed E-state index contributed by atoms with van der Waals surface area (Å²) in [5.41, 5.74) is -0.833. The van der Waals surface area contributed by atoms with Crippen LogP contribution >= 0.6 is 0 Å². The van der Waals surface area contributed by atoms with Gasteiger partial charge in [-0.05, 0) is 51.3 Å². The Kier molecular flexibility index (Phi) is 6.72. The number of pyridine rings is 1. The minimum atomic E-state index is -0.776. The van der Waals surface area contributed by atoms with Crippen LogP contribution in [0.5, 0.6) is 5.75 Å². The third kappa shape index (κ3) is 4.31. The molecule has 1 aromatic carbocycles. The van der Waals surface area contributed by atoms with Crippen molar-refractivity contribution in [3.05, 3.63) is 62.4 Å². The van der Waals surface area contributed by atoms with Crippen LogP contribution in [-0.4, -0.2) is 57.7 Å². The number of aryl methyl sites for hydroxylation is 1. The number of nitrogens with zero attached hydrogens (tertiary/aromatic N) is 4. The Balaban J connectivity index is 2.05. The highest BCUT2D eigenvalue weighted by molar-refractivity contribution is 6.02. The SMILES string of the molecule is COC(=O)c1cc(C)nc2c1c(=O)n(CC(=O)N1CCCC[C@H]1C)c(=O)n2-c1ccccc1OC. The second-order valence-electron chi connectivity index (χ2n) is 8.61. The molecule has 0 unspecified atom stereocenters. The first-order chi connectivity index (χ1) is 16.8. The third-order valence-electron chi connectivity index (χ3n) is 6.37. The molecule has 1 aliphatic rings. The van der Waals surface area contributed by atoms with Crippen LogP contribution in [0.4, 0.5) is 0 Å². The average molecular weight is 481 g/mol. The number of piperidine rings is 1. The van der Waals surface area contributed by atoms with Crippen LogP contribution < -0.4 is 16.0 Å². The highest BCUT2D eigenvalue weighted by Gasteiger charge is 2.28. The van der Waals surface area contributed by atoms with Crippen LogP contribution in [0.15, 0.2) is 39.9 Å². The van der Waals surface area contributed by atoms with Crippen molar-refractivity contribution in [1.29, 1.82) is 0 Å². The van der Waals surface area contributed by atoms with Gasteiger partial charge in [-0.2, -0.15) is 0 Å². The topological polar surface area (TPSA) is 113 Å². The zero-order valence-electron chi connectivity index (χ0n) is 20.2. The van der Waals surface area contributed by atoms with E-state index >= 15 is 0 Å². The lowest BCUT2D eigenvalue weighted by Crippen LogP contribution is -2.48. The Labute approximate surface area is 201 Å². The number of carbonyl (C=O) groups excluding carboxylic acids is 2. The smallest absolute Gasteiger partial charge is 0.338 e. The Hall–Kier alpha value is -3.95. The zero-order valence-corrected chi connectivity index (χ0v) is 20.2. The molecule has 0 spiro atoms. The molecule has 184 valence electrons. The number of likely N-dealkylation sites (tertiary alicyclic amines) is 1. The number of esters is 1. The number of aromatic nitrogens is 3. The molecule has 35 heavy (non-hydrogen) atoms. The summed E-state index contributed by atoms with van der Waals surface area (Å²) in [4.78, 5) is 59.4. The minimum absolute atomic E-state index is 0.0128. The Morgan fingerprint density at radius 2 is 1.89 bits per heavy atom. The zero-order chi connectivity index (χ0) is 25.3. The standard InChI is InChI=1S/C25H28N4O6/c1-15-13-17(24(32)35-4)21-22(26-15)29(18-10-5-6-11-19(18)34-3)25(33)28(23(21)31)14-20(30)27-12-8-7-9-16(27)2/h5-6,10-11,13,16H,7-9,12,14H2,1-4H3/t16-/m1/s1. The van der Waals surface area contributed by atoms with E-state index in [9.17, 15) is 19.2 Å². The van der Waals surface area contributed by atoms with Gasteiger partial charge in [0.1, 0.15) is 12.3 Å². The van der Waals surface area contributed by atoms with Crippen molar-refractivity contribution in [2.45, 2.75) is 45.7 Å². The van der Waals surface area contributed by atoms with Crippen LogP contribution in [0.1, 0.15) is 42.2 Å². The summed E-state index contributed by atoms with van der Waals surface area (Å²) >= 11 is 0. The molecular weight excluding hydrogens is 452 g/mol. The van der Waals surface area contributed by atoms with E-state index in [0.29, 0.717) is 23.7 Å². The maximum atomic E-state index is 13.8. The van der Waals surface area contributed by atoms with E-state index in [4.69, 9.17) is 9.47 Å². The number of carbonyl (C=O) groups is 2. The van der Waals surface area contributed by atoms with Crippen molar-refractivity contribution in [2.24, 2.45) is 0 Å².